The highest BCUT2D eigenvalue weighted by molar-refractivity contribution is 5.80. The number of piperidine rings is 1. The topological polar surface area (TPSA) is 74.0 Å². The van der Waals surface area contributed by atoms with Gasteiger partial charge in [0.25, 0.3) is 0 Å². The molecule has 1 atom stereocenters. The number of nitrogens with zero attached hydrogens (tertiary/aromatic N) is 3. The molecule has 0 aromatic heterocycles. The lowest BCUT2D eigenvalue weighted by atomic mass is 9.95. The van der Waals surface area contributed by atoms with Gasteiger partial charge in [0.2, 0.25) is 5.91 Å². The number of aliphatic imine (C=N–C) groups is 1. The smallest absolute Gasteiger partial charge is 0.217 e. The third-order valence-corrected chi connectivity index (χ3v) is 4.67. The molecule has 2 rings (SSSR count). The van der Waals surface area contributed by atoms with Crippen molar-refractivity contribution in [2.24, 2.45) is 16.6 Å². The zero-order chi connectivity index (χ0) is 15.9. The van der Waals surface area contributed by atoms with Crippen molar-refractivity contribution in [1.29, 1.82) is 0 Å². The Bertz CT molecular complexity index is 394. The first-order valence-corrected chi connectivity index (χ1v) is 8.62. The molecule has 1 unspecified atom stereocenters. The first kappa shape index (κ1) is 17.1. The van der Waals surface area contributed by atoms with E-state index < -0.39 is 0 Å². The maximum absolute atomic E-state index is 11.1. The van der Waals surface area contributed by atoms with Gasteiger partial charge >= 0.3 is 0 Å². The number of guanidine groups is 1. The summed E-state index contributed by atoms with van der Waals surface area (Å²) in [6.45, 7) is 7.23. The average molecular weight is 309 g/mol. The number of hydrogen-bond donors (Lipinski definition) is 2. The zero-order valence-corrected chi connectivity index (χ0v) is 14.1. The summed E-state index contributed by atoms with van der Waals surface area (Å²) in [6.07, 6.45) is 5.37. The van der Waals surface area contributed by atoms with Crippen molar-refractivity contribution < 1.29 is 4.79 Å². The second kappa shape index (κ2) is 8.36. The summed E-state index contributed by atoms with van der Waals surface area (Å²) in [6, 6.07) is 0.809. The first-order chi connectivity index (χ1) is 10.6. The van der Waals surface area contributed by atoms with E-state index in [4.69, 9.17) is 5.73 Å². The quantitative estimate of drug-likeness (QED) is 0.534. The maximum Gasteiger partial charge on any atom is 0.217 e. The highest BCUT2D eigenvalue weighted by atomic mass is 16.1. The Hall–Kier alpha value is -1.30. The number of nitrogens with two attached hydrogens (primary N) is 1. The van der Waals surface area contributed by atoms with Gasteiger partial charge < -0.3 is 16.0 Å². The van der Waals surface area contributed by atoms with E-state index >= 15 is 0 Å². The molecule has 1 saturated carbocycles. The standard InChI is InChI=1S/C16H31N5O/c1-3-20(14-6-7-14)10-8-19-16(18-2)21-9-4-5-13(12-21)11-15(17)22/h13-14H,3-12H2,1-2H3,(H2,17,22)(H,18,19). The van der Waals surface area contributed by atoms with Gasteiger partial charge in [0, 0.05) is 45.7 Å². The fourth-order valence-electron chi connectivity index (χ4n) is 3.39. The van der Waals surface area contributed by atoms with Crippen LogP contribution in [-0.4, -0.2) is 67.5 Å². The van der Waals surface area contributed by atoms with Crippen LogP contribution in [-0.2, 0) is 4.79 Å². The Morgan fingerprint density at radius 2 is 2.18 bits per heavy atom. The number of hydrogen-bond acceptors (Lipinski definition) is 3. The van der Waals surface area contributed by atoms with Gasteiger partial charge in [-0.3, -0.25) is 14.7 Å². The Labute approximate surface area is 134 Å². The van der Waals surface area contributed by atoms with Gasteiger partial charge in [-0.1, -0.05) is 6.92 Å². The maximum atomic E-state index is 11.1. The van der Waals surface area contributed by atoms with Crippen LogP contribution in [0, 0.1) is 5.92 Å². The molecular weight excluding hydrogens is 278 g/mol. The largest absolute Gasteiger partial charge is 0.370 e. The van der Waals surface area contributed by atoms with Crippen LogP contribution in [0.25, 0.3) is 0 Å². The number of nitrogens with one attached hydrogen (secondary N) is 1. The van der Waals surface area contributed by atoms with Crippen molar-refractivity contribution in [1.82, 2.24) is 15.1 Å². The van der Waals surface area contributed by atoms with E-state index in [1.807, 2.05) is 7.05 Å². The van der Waals surface area contributed by atoms with Crippen LogP contribution < -0.4 is 11.1 Å². The molecule has 22 heavy (non-hydrogen) atoms. The third kappa shape index (κ3) is 5.16. The van der Waals surface area contributed by atoms with Crippen LogP contribution in [0.5, 0.6) is 0 Å². The normalized spacial score (nSPS) is 23.0. The van der Waals surface area contributed by atoms with Crippen LogP contribution in [0.4, 0.5) is 0 Å². The van der Waals surface area contributed by atoms with E-state index in [1.54, 1.807) is 0 Å². The Kier molecular flexibility index (Phi) is 6.49. The number of amides is 1. The highest BCUT2D eigenvalue weighted by Crippen LogP contribution is 2.25. The fraction of sp³-hybridized carbons (Fsp3) is 0.875. The molecule has 0 aromatic rings. The van der Waals surface area contributed by atoms with E-state index in [0.29, 0.717) is 12.3 Å². The molecule has 2 fully saturated rings. The molecular formula is C16H31N5O. The fourth-order valence-corrected chi connectivity index (χ4v) is 3.39. The number of likely N-dealkylation sites (tertiary alicyclic amines) is 1. The van der Waals surface area contributed by atoms with E-state index in [9.17, 15) is 4.79 Å². The molecule has 0 radical (unpaired) electrons. The average Bonchev–Trinajstić information content (AvgIpc) is 3.32. The van der Waals surface area contributed by atoms with Crippen molar-refractivity contribution in [2.75, 3.05) is 39.8 Å². The molecule has 1 heterocycles. The molecule has 6 nitrogen and oxygen atoms in total. The molecule has 1 saturated heterocycles. The number of rotatable bonds is 7. The molecule has 1 aliphatic carbocycles. The predicted octanol–water partition coefficient (Wildman–Crippen LogP) is 0.634. The van der Waals surface area contributed by atoms with Gasteiger partial charge in [-0.15, -0.1) is 0 Å². The second-order valence-electron chi connectivity index (χ2n) is 6.46. The predicted molar refractivity (Wildman–Crippen MR) is 89.7 cm³/mol. The number of carbonyl (C=O) groups is 1. The minimum atomic E-state index is -0.196. The Morgan fingerprint density at radius 1 is 1.41 bits per heavy atom. The molecule has 3 N–H and O–H groups in total. The Balaban J connectivity index is 1.76. The van der Waals surface area contributed by atoms with Crippen LogP contribution in [0.1, 0.15) is 39.0 Å². The summed E-state index contributed by atoms with van der Waals surface area (Å²) >= 11 is 0. The van der Waals surface area contributed by atoms with Gasteiger partial charge in [0.15, 0.2) is 5.96 Å². The third-order valence-electron chi connectivity index (χ3n) is 4.67. The SMILES string of the molecule is CCN(CCNC(=NC)N1CCCC(CC(N)=O)C1)C1CC1. The van der Waals surface area contributed by atoms with Gasteiger partial charge in [-0.25, -0.2) is 0 Å². The summed E-state index contributed by atoms with van der Waals surface area (Å²) in [5.74, 6) is 1.13. The lowest BCUT2D eigenvalue weighted by Gasteiger charge is -2.35. The molecule has 1 aliphatic heterocycles. The molecule has 2 aliphatic rings. The van der Waals surface area contributed by atoms with Crippen molar-refractivity contribution in [2.45, 2.75) is 45.1 Å². The summed E-state index contributed by atoms with van der Waals surface area (Å²) in [5.41, 5.74) is 5.33. The minimum Gasteiger partial charge on any atom is -0.370 e. The van der Waals surface area contributed by atoms with Crippen molar-refractivity contribution in [3.8, 4) is 0 Å². The highest BCUT2D eigenvalue weighted by Gasteiger charge is 2.27. The van der Waals surface area contributed by atoms with E-state index in [2.05, 4.69) is 27.0 Å². The molecule has 126 valence electrons. The number of likely N-dealkylation sites (N-methyl/N-ethyl adjacent to an activating group) is 1. The summed E-state index contributed by atoms with van der Waals surface area (Å²) < 4.78 is 0. The minimum absolute atomic E-state index is 0.196. The Morgan fingerprint density at radius 3 is 2.77 bits per heavy atom. The molecule has 0 bridgehead atoms. The van der Waals surface area contributed by atoms with Crippen LogP contribution >= 0.6 is 0 Å². The zero-order valence-electron chi connectivity index (χ0n) is 14.1. The molecule has 0 spiro atoms. The van der Waals surface area contributed by atoms with Gasteiger partial charge in [0.1, 0.15) is 0 Å². The number of primary amides is 1. The molecule has 1 amide bonds. The van der Waals surface area contributed by atoms with Crippen molar-refractivity contribution in [3.05, 3.63) is 0 Å². The van der Waals surface area contributed by atoms with Gasteiger partial charge in [0.05, 0.1) is 0 Å². The monoisotopic (exact) mass is 309 g/mol. The van der Waals surface area contributed by atoms with E-state index in [1.165, 1.54) is 12.8 Å². The molecule has 0 aromatic carbocycles. The van der Waals surface area contributed by atoms with Gasteiger partial charge in [-0.2, -0.15) is 0 Å². The van der Waals surface area contributed by atoms with Crippen LogP contribution in [0.3, 0.4) is 0 Å². The van der Waals surface area contributed by atoms with E-state index in [-0.39, 0.29) is 5.91 Å². The van der Waals surface area contributed by atoms with Crippen LogP contribution in [0.15, 0.2) is 4.99 Å². The lowest BCUT2D eigenvalue weighted by Crippen LogP contribution is -2.48. The number of carbonyl (C=O) groups excluding carboxylic acids is 1. The first-order valence-electron chi connectivity index (χ1n) is 8.62. The summed E-state index contributed by atoms with van der Waals surface area (Å²) in [7, 11) is 1.83. The van der Waals surface area contributed by atoms with Crippen molar-refractivity contribution in [3.63, 3.8) is 0 Å². The van der Waals surface area contributed by atoms with Crippen LogP contribution in [0.2, 0.25) is 0 Å². The second-order valence-corrected chi connectivity index (χ2v) is 6.46. The van der Waals surface area contributed by atoms with E-state index in [0.717, 1.165) is 57.6 Å². The van der Waals surface area contributed by atoms with Crippen molar-refractivity contribution >= 4 is 11.9 Å². The molecule has 6 heteroatoms. The van der Waals surface area contributed by atoms with Gasteiger partial charge in [-0.05, 0) is 38.1 Å². The summed E-state index contributed by atoms with van der Waals surface area (Å²) in [5, 5.41) is 3.48. The summed E-state index contributed by atoms with van der Waals surface area (Å²) in [4.78, 5) is 20.3. The lowest BCUT2D eigenvalue weighted by molar-refractivity contribution is -0.119.